The smallest absolute Gasteiger partial charge is 0.407 e. The summed E-state index contributed by atoms with van der Waals surface area (Å²) < 4.78 is 33.7. The number of nitrogens with zero attached hydrogens (tertiary/aromatic N) is 2. The van der Waals surface area contributed by atoms with Gasteiger partial charge in [0.25, 0.3) is 0 Å². The number of aryl methyl sites for hydroxylation is 1. The molecule has 2 N–H and O–H groups in total. The van der Waals surface area contributed by atoms with Crippen LogP contribution in [-0.4, -0.2) is 49.3 Å². The minimum absolute atomic E-state index is 0.214. The van der Waals surface area contributed by atoms with Crippen LogP contribution in [0.3, 0.4) is 0 Å². The number of aldehydes is 1. The van der Waals surface area contributed by atoms with Gasteiger partial charge in [0.05, 0.1) is 22.8 Å². The Hall–Kier alpha value is -2.88. The fourth-order valence-electron chi connectivity index (χ4n) is 3.21. The van der Waals surface area contributed by atoms with Crippen molar-refractivity contribution in [1.29, 1.82) is 0 Å². The number of hydrogen-bond donors (Lipinski definition) is 2. The fourth-order valence-corrected chi connectivity index (χ4v) is 4.97. The van der Waals surface area contributed by atoms with E-state index < -0.39 is 21.5 Å². The Kier molecular flexibility index (Phi) is 13.3. The van der Waals surface area contributed by atoms with Crippen LogP contribution in [0.15, 0.2) is 34.1 Å². The molecule has 2 aromatic rings. The van der Waals surface area contributed by atoms with Crippen molar-refractivity contribution >= 4 is 27.9 Å². The first-order valence-corrected chi connectivity index (χ1v) is 13.3. The van der Waals surface area contributed by atoms with Gasteiger partial charge in [0, 0.05) is 18.8 Å². The molecule has 2 rings (SSSR count). The van der Waals surface area contributed by atoms with Crippen molar-refractivity contribution in [2.75, 3.05) is 12.4 Å². The van der Waals surface area contributed by atoms with E-state index in [4.69, 9.17) is 9.53 Å². The van der Waals surface area contributed by atoms with Gasteiger partial charge in [-0.05, 0) is 66.2 Å². The van der Waals surface area contributed by atoms with Gasteiger partial charge in [0.2, 0.25) is 9.84 Å². The summed E-state index contributed by atoms with van der Waals surface area (Å²) in [6.07, 6.45) is 0.717. The lowest BCUT2D eigenvalue weighted by molar-refractivity contribution is -0.106. The molecule has 1 aromatic heterocycles. The molecule has 10 heteroatoms. The summed E-state index contributed by atoms with van der Waals surface area (Å²) in [5.41, 5.74) is 1.17. The number of sulfone groups is 1. The van der Waals surface area contributed by atoms with Gasteiger partial charge < -0.3 is 20.2 Å². The highest BCUT2D eigenvalue weighted by molar-refractivity contribution is 7.91. The number of alkyl carbamates (subject to hydrolysis) is 1. The Bertz CT molecular complexity index is 1060. The van der Waals surface area contributed by atoms with Gasteiger partial charge in [-0.25, -0.2) is 13.2 Å². The maximum absolute atomic E-state index is 13.4. The van der Waals surface area contributed by atoms with Gasteiger partial charge in [-0.1, -0.05) is 26.8 Å². The van der Waals surface area contributed by atoms with Crippen LogP contribution in [0.5, 0.6) is 0 Å². The summed E-state index contributed by atoms with van der Waals surface area (Å²) in [6, 6.07) is 6.40. The summed E-state index contributed by atoms with van der Waals surface area (Å²) in [5.74, 6) is 0. The van der Waals surface area contributed by atoms with Gasteiger partial charge in [0.1, 0.15) is 16.8 Å². The van der Waals surface area contributed by atoms with Crippen LogP contribution in [0.25, 0.3) is 0 Å². The summed E-state index contributed by atoms with van der Waals surface area (Å²) in [6.45, 7) is 16.6. The molecule has 0 radical (unpaired) electrons. The van der Waals surface area contributed by atoms with Gasteiger partial charge in [-0.2, -0.15) is 5.10 Å². The quantitative estimate of drug-likeness (QED) is 0.515. The molecule has 0 saturated carbocycles. The first-order valence-electron chi connectivity index (χ1n) is 11.8. The molecule has 0 saturated heterocycles. The predicted octanol–water partition coefficient (Wildman–Crippen LogP) is 4.77. The highest BCUT2D eigenvalue weighted by Gasteiger charge is 2.28. The lowest BCUT2D eigenvalue weighted by Gasteiger charge is -2.22. The SMILES string of the molecule is CC.CC=O.CCc1c(S(=O)(=O)c2cccc(NC)c2)c(C)nn1CC(C)NC(=O)OC(C)(C)C. The molecule has 0 bridgehead atoms. The molecule has 1 aromatic carbocycles. The van der Waals surface area contributed by atoms with E-state index in [-0.39, 0.29) is 15.8 Å². The van der Waals surface area contributed by atoms with E-state index in [0.717, 1.165) is 6.29 Å². The van der Waals surface area contributed by atoms with Crippen molar-refractivity contribution in [3.05, 3.63) is 35.7 Å². The predicted molar refractivity (Wildman–Crippen MR) is 140 cm³/mol. The van der Waals surface area contributed by atoms with Crippen molar-refractivity contribution < 1.29 is 22.7 Å². The van der Waals surface area contributed by atoms with Crippen LogP contribution in [-0.2, 0) is 32.3 Å². The molecule has 0 aliphatic carbocycles. The van der Waals surface area contributed by atoms with Crippen LogP contribution in [0.1, 0.15) is 66.8 Å². The van der Waals surface area contributed by atoms with E-state index in [2.05, 4.69) is 15.7 Å². The molecule has 0 spiro atoms. The van der Waals surface area contributed by atoms with Crippen molar-refractivity contribution in [3.8, 4) is 0 Å². The number of anilines is 1. The second-order valence-electron chi connectivity index (χ2n) is 8.46. The number of aromatic nitrogens is 2. The number of carbonyl (C=O) groups excluding carboxylic acids is 2. The van der Waals surface area contributed by atoms with Gasteiger partial charge >= 0.3 is 6.09 Å². The zero-order chi connectivity index (χ0) is 27.4. The molecule has 1 amide bonds. The zero-order valence-corrected chi connectivity index (χ0v) is 23.5. The van der Waals surface area contributed by atoms with E-state index in [1.165, 1.54) is 6.92 Å². The molecular weight excluding hydrogens is 468 g/mol. The maximum atomic E-state index is 13.4. The minimum Gasteiger partial charge on any atom is -0.444 e. The average Bonchev–Trinajstić information content (AvgIpc) is 3.09. The summed E-state index contributed by atoms with van der Waals surface area (Å²) in [7, 11) is -2.00. The van der Waals surface area contributed by atoms with Crippen LogP contribution in [0, 0.1) is 6.92 Å². The normalized spacial score (nSPS) is 11.7. The third kappa shape index (κ3) is 9.71. The van der Waals surface area contributed by atoms with Crippen LogP contribution in [0.2, 0.25) is 0 Å². The number of benzene rings is 1. The monoisotopic (exact) mass is 510 g/mol. The number of carbonyl (C=O) groups is 2. The summed E-state index contributed by atoms with van der Waals surface area (Å²) >= 11 is 0. The fraction of sp³-hybridized carbons (Fsp3) is 0.560. The van der Waals surface area contributed by atoms with Gasteiger partial charge in [0.15, 0.2) is 0 Å². The van der Waals surface area contributed by atoms with Crippen LogP contribution >= 0.6 is 0 Å². The molecule has 0 fully saturated rings. The number of hydrogen-bond acceptors (Lipinski definition) is 7. The first-order chi connectivity index (χ1) is 16.3. The first kappa shape index (κ1) is 32.1. The van der Waals surface area contributed by atoms with Crippen molar-refractivity contribution in [1.82, 2.24) is 15.1 Å². The molecule has 0 aliphatic rings. The third-order valence-electron chi connectivity index (χ3n) is 4.42. The molecular formula is C25H42N4O5S. The van der Waals surface area contributed by atoms with E-state index >= 15 is 0 Å². The largest absolute Gasteiger partial charge is 0.444 e. The summed E-state index contributed by atoms with van der Waals surface area (Å²) in [5, 5.41) is 10.2. The van der Waals surface area contributed by atoms with E-state index in [1.807, 2.05) is 27.7 Å². The second-order valence-corrected chi connectivity index (χ2v) is 10.3. The van der Waals surface area contributed by atoms with Crippen LogP contribution in [0.4, 0.5) is 10.5 Å². The Balaban J connectivity index is 0.00000214. The van der Waals surface area contributed by atoms with Crippen molar-refractivity contribution in [2.45, 2.75) is 96.7 Å². The molecule has 198 valence electrons. The molecule has 1 unspecified atom stereocenters. The standard InChI is InChI=1S/C21H32N4O4S.C2H4O.C2H6/c1-8-18-19(30(27,28)17-11-9-10-16(12-17)22-7)15(3)24-25(18)13-14(2)23-20(26)29-21(4,5)6;1-2-3;1-2/h9-12,14,22H,8,13H2,1-7H3,(H,23,26);2H,1H3;1-2H3. The topological polar surface area (TPSA) is 119 Å². The Morgan fingerprint density at radius 3 is 2.31 bits per heavy atom. The highest BCUT2D eigenvalue weighted by Crippen LogP contribution is 2.29. The third-order valence-corrected chi connectivity index (χ3v) is 6.36. The van der Waals surface area contributed by atoms with Crippen molar-refractivity contribution in [2.24, 2.45) is 0 Å². The highest BCUT2D eigenvalue weighted by atomic mass is 32.2. The molecule has 1 atom stereocenters. The minimum atomic E-state index is -3.74. The molecule has 0 aliphatic heterocycles. The second kappa shape index (κ2) is 14.5. The Morgan fingerprint density at radius 1 is 1.26 bits per heavy atom. The Morgan fingerprint density at radius 2 is 1.83 bits per heavy atom. The zero-order valence-electron chi connectivity index (χ0n) is 22.7. The average molecular weight is 511 g/mol. The lowest BCUT2D eigenvalue weighted by Crippen LogP contribution is -2.40. The summed E-state index contributed by atoms with van der Waals surface area (Å²) in [4.78, 5) is 21.3. The maximum Gasteiger partial charge on any atom is 0.407 e. The molecule has 9 nitrogen and oxygen atoms in total. The van der Waals surface area contributed by atoms with E-state index in [9.17, 15) is 13.2 Å². The molecule has 1 heterocycles. The van der Waals surface area contributed by atoms with Crippen molar-refractivity contribution in [3.63, 3.8) is 0 Å². The lowest BCUT2D eigenvalue weighted by atomic mass is 10.2. The number of amides is 1. The van der Waals surface area contributed by atoms with E-state index in [0.29, 0.717) is 30.0 Å². The van der Waals surface area contributed by atoms with Gasteiger partial charge in [-0.15, -0.1) is 0 Å². The number of ether oxygens (including phenoxy) is 1. The van der Waals surface area contributed by atoms with Crippen LogP contribution < -0.4 is 10.6 Å². The molecule has 35 heavy (non-hydrogen) atoms. The Labute approximate surface area is 210 Å². The van der Waals surface area contributed by atoms with Gasteiger partial charge in [-0.3, -0.25) is 4.68 Å². The number of rotatable bonds is 7. The van der Waals surface area contributed by atoms with E-state index in [1.54, 1.807) is 63.7 Å². The number of nitrogens with one attached hydrogen (secondary N) is 2.